The van der Waals surface area contributed by atoms with Gasteiger partial charge in [-0.3, -0.25) is 9.10 Å². The van der Waals surface area contributed by atoms with Crippen LogP contribution in [0.15, 0.2) is 18.2 Å². The zero-order chi connectivity index (χ0) is 19.3. The maximum absolute atomic E-state index is 12.4. The number of carbonyl (C=O) groups excluding carboxylic acids is 1. The third kappa shape index (κ3) is 6.09. The fourth-order valence-electron chi connectivity index (χ4n) is 4.09. The molecule has 0 spiro atoms. The van der Waals surface area contributed by atoms with Crippen LogP contribution in [0.1, 0.15) is 60.9 Å². The van der Waals surface area contributed by atoms with E-state index < -0.39 is 10.0 Å². The van der Waals surface area contributed by atoms with E-state index in [9.17, 15) is 13.2 Å². The number of hydrogen-bond donors (Lipinski definition) is 2. The average Bonchev–Trinajstić information content (AvgIpc) is 2.92. The van der Waals surface area contributed by atoms with Crippen LogP contribution in [0.4, 0.5) is 5.69 Å². The number of benzene rings is 1. The van der Waals surface area contributed by atoms with Gasteiger partial charge in [-0.25, -0.2) is 8.42 Å². The standard InChI is InChI=1S/C20H31N3O3S.ClH/c1-27(25,26)23-14-6-7-16-15-17(10-11-19(16)23)20(24)22-13-12-21-18-8-4-2-3-5-9-18;/h10-11,15,18,21H,2-9,12-14H2,1H3,(H,22,24);1H. The molecule has 2 aliphatic rings. The third-order valence-electron chi connectivity index (χ3n) is 5.52. The molecule has 1 aliphatic carbocycles. The summed E-state index contributed by atoms with van der Waals surface area (Å²) in [5, 5.41) is 6.52. The normalized spacial score (nSPS) is 18.0. The number of aryl methyl sites for hydroxylation is 1. The Morgan fingerprint density at radius 1 is 1.11 bits per heavy atom. The van der Waals surface area contributed by atoms with Crippen molar-refractivity contribution in [3.05, 3.63) is 29.3 Å². The van der Waals surface area contributed by atoms with E-state index in [1.807, 2.05) is 6.07 Å². The Morgan fingerprint density at radius 2 is 1.82 bits per heavy atom. The van der Waals surface area contributed by atoms with Gasteiger partial charge in [0.2, 0.25) is 10.0 Å². The molecule has 0 saturated heterocycles. The van der Waals surface area contributed by atoms with Gasteiger partial charge in [0.25, 0.3) is 5.91 Å². The Kier molecular flexibility index (Phi) is 8.58. The molecule has 1 saturated carbocycles. The first-order valence-corrected chi connectivity index (χ1v) is 11.9. The van der Waals surface area contributed by atoms with Crippen LogP contribution >= 0.6 is 12.4 Å². The van der Waals surface area contributed by atoms with Crippen molar-refractivity contribution in [2.24, 2.45) is 0 Å². The minimum Gasteiger partial charge on any atom is -0.351 e. The van der Waals surface area contributed by atoms with E-state index in [4.69, 9.17) is 0 Å². The van der Waals surface area contributed by atoms with Crippen molar-refractivity contribution >= 4 is 34.0 Å². The Balaban J connectivity index is 0.00000280. The summed E-state index contributed by atoms with van der Waals surface area (Å²) in [7, 11) is -3.28. The van der Waals surface area contributed by atoms with E-state index in [2.05, 4.69) is 10.6 Å². The van der Waals surface area contributed by atoms with Crippen LogP contribution in [0.3, 0.4) is 0 Å². The van der Waals surface area contributed by atoms with Gasteiger partial charge in [-0.1, -0.05) is 25.7 Å². The van der Waals surface area contributed by atoms with Crippen molar-refractivity contribution in [3.63, 3.8) is 0 Å². The van der Waals surface area contributed by atoms with E-state index in [0.717, 1.165) is 24.9 Å². The monoisotopic (exact) mass is 429 g/mol. The van der Waals surface area contributed by atoms with Gasteiger partial charge in [-0.2, -0.15) is 0 Å². The van der Waals surface area contributed by atoms with E-state index in [1.165, 1.54) is 49.1 Å². The van der Waals surface area contributed by atoms with E-state index in [0.29, 0.717) is 30.4 Å². The molecular weight excluding hydrogens is 398 g/mol. The minimum absolute atomic E-state index is 0. The second-order valence-electron chi connectivity index (χ2n) is 7.68. The molecule has 1 amide bonds. The van der Waals surface area contributed by atoms with E-state index in [1.54, 1.807) is 12.1 Å². The van der Waals surface area contributed by atoms with Crippen LogP contribution in [0.25, 0.3) is 0 Å². The number of sulfonamides is 1. The quantitative estimate of drug-likeness (QED) is 0.538. The summed E-state index contributed by atoms with van der Waals surface area (Å²) >= 11 is 0. The molecule has 1 aromatic carbocycles. The maximum atomic E-state index is 12.4. The Bertz CT molecular complexity index is 762. The zero-order valence-electron chi connectivity index (χ0n) is 16.6. The predicted octanol–water partition coefficient (Wildman–Crippen LogP) is 2.86. The molecule has 3 rings (SSSR count). The summed E-state index contributed by atoms with van der Waals surface area (Å²) in [5.41, 5.74) is 2.23. The van der Waals surface area contributed by atoms with Crippen LogP contribution in [-0.2, 0) is 16.4 Å². The lowest BCUT2D eigenvalue weighted by Gasteiger charge is -2.29. The molecule has 1 aliphatic heterocycles. The van der Waals surface area contributed by atoms with Crippen molar-refractivity contribution in [2.75, 3.05) is 30.2 Å². The molecule has 0 bridgehead atoms. The number of halogens is 1. The molecule has 0 aromatic heterocycles. The number of rotatable bonds is 6. The molecule has 1 aromatic rings. The first-order valence-electron chi connectivity index (χ1n) is 10.1. The maximum Gasteiger partial charge on any atom is 0.251 e. The number of anilines is 1. The highest BCUT2D eigenvalue weighted by atomic mass is 35.5. The molecule has 0 unspecified atom stereocenters. The first-order chi connectivity index (χ1) is 12.9. The van der Waals surface area contributed by atoms with E-state index >= 15 is 0 Å². The number of hydrogen-bond acceptors (Lipinski definition) is 4. The van der Waals surface area contributed by atoms with Gasteiger partial charge in [-0.05, 0) is 49.4 Å². The second kappa shape index (κ2) is 10.5. The van der Waals surface area contributed by atoms with Gasteiger partial charge < -0.3 is 10.6 Å². The van der Waals surface area contributed by atoms with Gasteiger partial charge in [0.05, 0.1) is 11.9 Å². The van der Waals surface area contributed by atoms with Gasteiger partial charge in [-0.15, -0.1) is 12.4 Å². The van der Waals surface area contributed by atoms with Crippen LogP contribution < -0.4 is 14.9 Å². The third-order valence-corrected chi connectivity index (χ3v) is 6.70. The molecule has 28 heavy (non-hydrogen) atoms. The molecule has 2 N–H and O–H groups in total. The summed E-state index contributed by atoms with van der Waals surface area (Å²) < 4.78 is 25.3. The fourth-order valence-corrected chi connectivity index (χ4v) is 5.08. The van der Waals surface area contributed by atoms with Crippen molar-refractivity contribution in [2.45, 2.75) is 57.4 Å². The SMILES string of the molecule is CS(=O)(=O)N1CCCc2cc(C(=O)NCCNC3CCCCCC3)ccc21.Cl. The molecule has 1 heterocycles. The highest BCUT2D eigenvalue weighted by molar-refractivity contribution is 7.92. The summed E-state index contributed by atoms with van der Waals surface area (Å²) in [6.07, 6.45) is 10.5. The minimum atomic E-state index is -3.28. The Morgan fingerprint density at radius 3 is 2.50 bits per heavy atom. The molecule has 158 valence electrons. The summed E-state index contributed by atoms with van der Waals surface area (Å²) in [6, 6.07) is 5.89. The van der Waals surface area contributed by atoms with Crippen molar-refractivity contribution in [3.8, 4) is 0 Å². The summed E-state index contributed by atoms with van der Waals surface area (Å²) in [5.74, 6) is -0.100. The lowest BCUT2D eigenvalue weighted by Crippen LogP contribution is -2.37. The van der Waals surface area contributed by atoms with Gasteiger partial charge in [0.1, 0.15) is 0 Å². The topological polar surface area (TPSA) is 78.5 Å². The van der Waals surface area contributed by atoms with Gasteiger partial charge in [0, 0.05) is 31.2 Å². The smallest absolute Gasteiger partial charge is 0.251 e. The highest BCUT2D eigenvalue weighted by Gasteiger charge is 2.24. The zero-order valence-corrected chi connectivity index (χ0v) is 18.2. The fraction of sp³-hybridized carbons (Fsp3) is 0.650. The average molecular weight is 430 g/mol. The van der Waals surface area contributed by atoms with Crippen LogP contribution in [-0.4, -0.2) is 46.3 Å². The molecule has 0 radical (unpaired) electrons. The van der Waals surface area contributed by atoms with Crippen LogP contribution in [0, 0.1) is 0 Å². The molecule has 1 fully saturated rings. The highest BCUT2D eigenvalue weighted by Crippen LogP contribution is 2.29. The van der Waals surface area contributed by atoms with Gasteiger partial charge in [0.15, 0.2) is 0 Å². The van der Waals surface area contributed by atoms with Crippen LogP contribution in [0.2, 0.25) is 0 Å². The first kappa shape index (κ1) is 23.0. The number of fused-ring (bicyclic) bond motifs is 1. The largest absolute Gasteiger partial charge is 0.351 e. The Hall–Kier alpha value is -1.31. The number of nitrogens with one attached hydrogen (secondary N) is 2. The predicted molar refractivity (Wildman–Crippen MR) is 116 cm³/mol. The number of carbonyl (C=O) groups is 1. The number of amides is 1. The molecule has 6 nitrogen and oxygen atoms in total. The van der Waals surface area contributed by atoms with Crippen molar-refractivity contribution < 1.29 is 13.2 Å². The van der Waals surface area contributed by atoms with Gasteiger partial charge >= 0.3 is 0 Å². The van der Waals surface area contributed by atoms with Crippen LogP contribution in [0.5, 0.6) is 0 Å². The molecule has 0 atom stereocenters. The molecular formula is C20H32ClN3O3S. The lowest BCUT2D eigenvalue weighted by atomic mass is 10.0. The Labute approximate surface area is 174 Å². The van der Waals surface area contributed by atoms with Crippen molar-refractivity contribution in [1.82, 2.24) is 10.6 Å². The van der Waals surface area contributed by atoms with E-state index in [-0.39, 0.29) is 18.3 Å². The molecule has 8 heteroatoms. The summed E-state index contributed by atoms with van der Waals surface area (Å²) in [4.78, 5) is 12.4. The second-order valence-corrected chi connectivity index (χ2v) is 9.59. The summed E-state index contributed by atoms with van der Waals surface area (Å²) in [6.45, 7) is 1.88. The number of nitrogens with zero attached hydrogens (tertiary/aromatic N) is 1. The van der Waals surface area contributed by atoms with Crippen molar-refractivity contribution in [1.29, 1.82) is 0 Å². The lowest BCUT2D eigenvalue weighted by molar-refractivity contribution is 0.0953.